The first kappa shape index (κ1) is 29.2. The molecular formula is C18H29N5O10. The highest BCUT2D eigenvalue weighted by molar-refractivity contribution is 5.97. The number of carboxylic acids is 3. The SMILES string of the molecule is CC(C)CC(NC(=O)C(CC(=O)O)NC(=O)C(CC(=O)O)NC(=O)C(N)CC(N)=O)C(=O)O. The standard InChI is InChI=1S/C18H29N5O10/c1-7(2)3-11(18(32)33)23-17(31)10(6-14(27)28)22-16(30)9(5-13(25)26)21-15(29)8(19)4-12(20)24/h7-11H,3-6,19H2,1-2H3,(H2,20,24)(H,21,29)(H,22,30)(H,23,31)(H,25,26)(H,27,28)(H,32,33). The minimum atomic E-state index is -1.79. The molecule has 0 aromatic carbocycles. The summed E-state index contributed by atoms with van der Waals surface area (Å²) in [6.07, 6.45) is -2.50. The molecule has 15 heteroatoms. The maximum atomic E-state index is 12.5. The van der Waals surface area contributed by atoms with E-state index in [-0.39, 0.29) is 12.3 Å². The zero-order chi connectivity index (χ0) is 25.9. The van der Waals surface area contributed by atoms with E-state index in [1.807, 2.05) is 10.6 Å². The lowest BCUT2D eigenvalue weighted by Crippen LogP contribution is -2.58. The van der Waals surface area contributed by atoms with Gasteiger partial charge in [0.2, 0.25) is 23.6 Å². The van der Waals surface area contributed by atoms with E-state index >= 15 is 0 Å². The van der Waals surface area contributed by atoms with E-state index in [1.54, 1.807) is 13.8 Å². The fourth-order valence-corrected chi connectivity index (χ4v) is 2.59. The molecule has 15 nitrogen and oxygen atoms in total. The molecule has 0 aliphatic heterocycles. The summed E-state index contributed by atoms with van der Waals surface area (Å²) >= 11 is 0. The van der Waals surface area contributed by atoms with E-state index in [1.165, 1.54) is 0 Å². The average Bonchev–Trinajstić information content (AvgIpc) is 2.64. The van der Waals surface area contributed by atoms with Crippen LogP contribution in [0.3, 0.4) is 0 Å². The predicted octanol–water partition coefficient (Wildman–Crippen LogP) is -3.28. The highest BCUT2D eigenvalue weighted by atomic mass is 16.4. The maximum absolute atomic E-state index is 12.5. The molecule has 0 fully saturated rings. The van der Waals surface area contributed by atoms with Gasteiger partial charge in [0.15, 0.2) is 0 Å². The summed E-state index contributed by atoms with van der Waals surface area (Å²) in [7, 11) is 0. The number of hydrogen-bond acceptors (Lipinski definition) is 8. The Morgan fingerprint density at radius 1 is 0.697 bits per heavy atom. The molecule has 0 saturated carbocycles. The Morgan fingerprint density at radius 2 is 1.09 bits per heavy atom. The van der Waals surface area contributed by atoms with Crippen molar-refractivity contribution in [3.63, 3.8) is 0 Å². The number of carbonyl (C=O) groups is 7. The summed E-state index contributed by atoms with van der Waals surface area (Å²) in [6.45, 7) is 3.39. The van der Waals surface area contributed by atoms with Gasteiger partial charge in [0.25, 0.3) is 0 Å². The van der Waals surface area contributed by atoms with Gasteiger partial charge < -0.3 is 42.7 Å². The van der Waals surface area contributed by atoms with Gasteiger partial charge in [-0.05, 0) is 12.3 Å². The van der Waals surface area contributed by atoms with Crippen LogP contribution in [0, 0.1) is 5.92 Å². The van der Waals surface area contributed by atoms with Crippen molar-refractivity contribution in [2.75, 3.05) is 0 Å². The van der Waals surface area contributed by atoms with Crippen LogP contribution in [0.5, 0.6) is 0 Å². The molecule has 0 aromatic heterocycles. The number of hydrogen-bond donors (Lipinski definition) is 8. The van der Waals surface area contributed by atoms with Crippen LogP contribution < -0.4 is 27.4 Å². The Bertz CT molecular complexity index is 785. The Hall–Kier alpha value is -3.75. The van der Waals surface area contributed by atoms with Gasteiger partial charge >= 0.3 is 17.9 Å². The fourth-order valence-electron chi connectivity index (χ4n) is 2.59. The molecular weight excluding hydrogens is 446 g/mol. The molecule has 4 amide bonds. The molecule has 0 heterocycles. The molecule has 10 N–H and O–H groups in total. The summed E-state index contributed by atoms with van der Waals surface area (Å²) in [4.78, 5) is 81.5. The second-order valence-electron chi connectivity index (χ2n) is 7.62. The summed E-state index contributed by atoms with van der Waals surface area (Å²) in [5, 5.41) is 33.4. The first-order valence-electron chi connectivity index (χ1n) is 9.75. The minimum absolute atomic E-state index is 0.0181. The zero-order valence-electron chi connectivity index (χ0n) is 18.1. The number of nitrogens with one attached hydrogen (secondary N) is 3. The van der Waals surface area contributed by atoms with Crippen molar-refractivity contribution >= 4 is 41.5 Å². The molecule has 186 valence electrons. The van der Waals surface area contributed by atoms with Crippen LogP contribution >= 0.6 is 0 Å². The highest BCUT2D eigenvalue weighted by Gasteiger charge is 2.32. The van der Waals surface area contributed by atoms with Crippen LogP contribution in [0.4, 0.5) is 0 Å². The van der Waals surface area contributed by atoms with Gasteiger partial charge in [-0.25, -0.2) is 4.79 Å². The van der Waals surface area contributed by atoms with E-state index in [9.17, 15) is 38.7 Å². The third-order valence-corrected chi connectivity index (χ3v) is 4.10. The molecule has 0 rings (SSSR count). The van der Waals surface area contributed by atoms with Gasteiger partial charge in [-0.3, -0.25) is 28.8 Å². The summed E-state index contributed by atoms with van der Waals surface area (Å²) in [5.41, 5.74) is 10.4. The smallest absolute Gasteiger partial charge is 0.326 e. The Kier molecular flexibility index (Phi) is 12.1. The Balaban J connectivity index is 5.56. The monoisotopic (exact) mass is 475 g/mol. The quantitative estimate of drug-likeness (QED) is 0.116. The van der Waals surface area contributed by atoms with Crippen LogP contribution in [0.25, 0.3) is 0 Å². The molecule has 4 atom stereocenters. The van der Waals surface area contributed by atoms with E-state index in [0.29, 0.717) is 0 Å². The molecule has 0 aromatic rings. The van der Waals surface area contributed by atoms with Crippen molar-refractivity contribution in [2.24, 2.45) is 17.4 Å². The van der Waals surface area contributed by atoms with Crippen LogP contribution in [0.2, 0.25) is 0 Å². The van der Waals surface area contributed by atoms with Gasteiger partial charge in [0.1, 0.15) is 18.1 Å². The van der Waals surface area contributed by atoms with Gasteiger partial charge in [-0.1, -0.05) is 13.8 Å². The van der Waals surface area contributed by atoms with Crippen molar-refractivity contribution in [3.05, 3.63) is 0 Å². The molecule has 33 heavy (non-hydrogen) atoms. The lowest BCUT2D eigenvalue weighted by molar-refractivity contribution is -0.145. The van der Waals surface area contributed by atoms with Crippen molar-refractivity contribution in [1.29, 1.82) is 0 Å². The third kappa shape index (κ3) is 12.0. The largest absolute Gasteiger partial charge is 0.481 e. The van der Waals surface area contributed by atoms with Crippen molar-refractivity contribution in [1.82, 2.24) is 16.0 Å². The summed E-state index contributed by atoms with van der Waals surface area (Å²) < 4.78 is 0. The van der Waals surface area contributed by atoms with Crippen molar-refractivity contribution in [3.8, 4) is 0 Å². The zero-order valence-corrected chi connectivity index (χ0v) is 18.1. The van der Waals surface area contributed by atoms with Crippen LogP contribution in [-0.2, 0) is 33.6 Å². The topological polar surface area (TPSA) is 268 Å². The highest BCUT2D eigenvalue weighted by Crippen LogP contribution is 2.07. The van der Waals surface area contributed by atoms with Gasteiger partial charge in [-0.2, -0.15) is 0 Å². The lowest BCUT2D eigenvalue weighted by Gasteiger charge is -2.24. The van der Waals surface area contributed by atoms with Gasteiger partial charge in [0, 0.05) is 0 Å². The van der Waals surface area contributed by atoms with Gasteiger partial charge in [-0.15, -0.1) is 0 Å². The molecule has 0 spiro atoms. The number of amides is 4. The molecule has 4 unspecified atom stereocenters. The van der Waals surface area contributed by atoms with E-state index in [2.05, 4.69) is 5.32 Å². The second-order valence-corrected chi connectivity index (χ2v) is 7.62. The Labute approximate surface area is 188 Å². The first-order valence-corrected chi connectivity index (χ1v) is 9.75. The molecule has 0 radical (unpaired) electrons. The maximum Gasteiger partial charge on any atom is 0.326 e. The number of rotatable bonds is 15. The minimum Gasteiger partial charge on any atom is -0.481 e. The molecule has 0 aliphatic rings. The number of carboxylic acid groups (broad SMARTS) is 3. The van der Waals surface area contributed by atoms with Gasteiger partial charge in [0.05, 0.1) is 25.3 Å². The van der Waals surface area contributed by atoms with Crippen molar-refractivity contribution < 1.29 is 48.9 Å². The summed E-state index contributed by atoms with van der Waals surface area (Å²) in [5.74, 6) is -8.95. The second kappa shape index (κ2) is 13.6. The number of aliphatic carboxylic acids is 3. The van der Waals surface area contributed by atoms with Crippen LogP contribution in [0.15, 0.2) is 0 Å². The lowest BCUT2D eigenvalue weighted by atomic mass is 10.0. The van der Waals surface area contributed by atoms with Crippen LogP contribution in [0.1, 0.15) is 39.5 Å². The number of nitrogens with two attached hydrogens (primary N) is 2. The van der Waals surface area contributed by atoms with E-state index in [0.717, 1.165) is 0 Å². The molecule has 0 saturated heterocycles. The number of carbonyl (C=O) groups excluding carboxylic acids is 4. The average molecular weight is 475 g/mol. The van der Waals surface area contributed by atoms with Crippen molar-refractivity contribution in [2.45, 2.75) is 63.7 Å². The number of primary amides is 1. The van der Waals surface area contributed by atoms with E-state index < -0.39 is 85.0 Å². The fraction of sp³-hybridized carbons (Fsp3) is 0.611. The third-order valence-electron chi connectivity index (χ3n) is 4.10. The Morgan fingerprint density at radius 3 is 1.42 bits per heavy atom. The van der Waals surface area contributed by atoms with Crippen LogP contribution in [-0.4, -0.2) is 81.0 Å². The molecule has 0 bridgehead atoms. The van der Waals surface area contributed by atoms with E-state index in [4.69, 9.17) is 21.7 Å². The first-order chi connectivity index (χ1) is 15.1. The normalized spacial score (nSPS) is 14.3. The summed E-state index contributed by atoms with van der Waals surface area (Å²) in [6, 6.07) is -6.43. The molecule has 0 aliphatic carbocycles. The predicted molar refractivity (Wildman–Crippen MR) is 109 cm³/mol.